The first kappa shape index (κ1) is 22.3. The van der Waals surface area contributed by atoms with Crippen LogP contribution in [0.1, 0.15) is 0 Å². The van der Waals surface area contributed by atoms with E-state index in [1.807, 2.05) is 0 Å². The van der Waals surface area contributed by atoms with Crippen LogP contribution in [-0.4, -0.2) is 54.8 Å². The van der Waals surface area contributed by atoms with Gasteiger partial charge in [0.15, 0.2) is 0 Å². The Morgan fingerprint density at radius 3 is 2.39 bits per heavy atom. The van der Waals surface area contributed by atoms with Crippen LogP contribution in [0.5, 0.6) is 0 Å². The summed E-state index contributed by atoms with van der Waals surface area (Å²) >= 11 is 0. The van der Waals surface area contributed by atoms with Gasteiger partial charge in [0.25, 0.3) is 0 Å². The van der Waals surface area contributed by atoms with E-state index >= 15 is 0 Å². The molecular formula is C17H14N2NaO6S2. The molecule has 0 aliphatic carbocycles. The number of hydrogen-bond donors (Lipinski definition) is 2. The molecule has 8 nitrogen and oxygen atoms in total. The van der Waals surface area contributed by atoms with Crippen molar-refractivity contribution in [3.63, 3.8) is 0 Å². The quantitative estimate of drug-likeness (QED) is 0.453. The Kier molecular flexibility index (Phi) is 7.18. The Hall–Kier alpha value is -1.98. The van der Waals surface area contributed by atoms with Gasteiger partial charge in [-0.25, -0.2) is 12.6 Å². The molecule has 0 spiro atoms. The summed E-state index contributed by atoms with van der Waals surface area (Å²) in [5.74, 6) is 0. The van der Waals surface area contributed by atoms with Crippen molar-refractivity contribution < 1.29 is 21.8 Å². The van der Waals surface area contributed by atoms with Crippen LogP contribution in [0.25, 0.3) is 11.0 Å². The summed E-state index contributed by atoms with van der Waals surface area (Å²) in [5.41, 5.74) is -0.513. The van der Waals surface area contributed by atoms with Gasteiger partial charge in [0.2, 0.25) is 21.9 Å². The second-order valence-corrected chi connectivity index (χ2v) is 8.74. The molecule has 3 rings (SSSR count). The molecule has 141 valence electrons. The van der Waals surface area contributed by atoms with E-state index in [2.05, 4.69) is 10.0 Å². The molecule has 2 aromatic carbocycles. The Morgan fingerprint density at radius 2 is 1.79 bits per heavy atom. The SMILES string of the molecule is CS(=O)(=O)Nc1cc2occ(NC=O)c(=O)c2cc1S(=O)c1ccccc1.[Na]. The zero-order chi connectivity index (χ0) is 19.6. The number of benzene rings is 2. The maximum absolute atomic E-state index is 13.0. The molecule has 3 aromatic rings. The Labute approximate surface area is 185 Å². The smallest absolute Gasteiger partial charge is 0.229 e. The van der Waals surface area contributed by atoms with Crippen molar-refractivity contribution in [3.05, 3.63) is 59.0 Å². The van der Waals surface area contributed by atoms with E-state index < -0.39 is 26.3 Å². The first-order chi connectivity index (χ1) is 12.8. The Bertz CT molecular complexity index is 1210. The molecule has 1 radical (unpaired) electrons. The van der Waals surface area contributed by atoms with Crippen molar-refractivity contribution in [3.8, 4) is 0 Å². The van der Waals surface area contributed by atoms with Gasteiger partial charge in [-0.3, -0.25) is 14.3 Å². The number of fused-ring (bicyclic) bond motifs is 1. The minimum Gasteiger partial charge on any atom is -0.462 e. The van der Waals surface area contributed by atoms with Crippen molar-refractivity contribution in [2.45, 2.75) is 9.79 Å². The van der Waals surface area contributed by atoms with Crippen molar-refractivity contribution in [1.29, 1.82) is 0 Å². The van der Waals surface area contributed by atoms with Gasteiger partial charge in [0.05, 0.1) is 33.0 Å². The van der Waals surface area contributed by atoms with Crippen LogP contribution in [0, 0.1) is 0 Å². The van der Waals surface area contributed by atoms with Crippen molar-refractivity contribution in [2.75, 3.05) is 16.3 Å². The number of carbonyl (C=O) groups is 1. The zero-order valence-electron chi connectivity index (χ0n) is 15.0. The average molecular weight is 429 g/mol. The van der Waals surface area contributed by atoms with Gasteiger partial charge in [-0.2, -0.15) is 0 Å². The Balaban J connectivity index is 0.00000280. The first-order valence-corrected chi connectivity index (χ1v) is 10.6. The van der Waals surface area contributed by atoms with Crippen molar-refractivity contribution >= 4 is 79.1 Å². The van der Waals surface area contributed by atoms with Crippen molar-refractivity contribution in [1.82, 2.24) is 0 Å². The van der Waals surface area contributed by atoms with Gasteiger partial charge in [0, 0.05) is 40.5 Å². The van der Waals surface area contributed by atoms with Crippen molar-refractivity contribution in [2.24, 2.45) is 0 Å². The molecule has 1 heterocycles. The minimum absolute atomic E-state index is 0. The standard InChI is InChI=1S/C17H14N2O6S2.Na/c1-27(23,24)19-13-8-15-12(17(21)14(9-25-15)18-10-20)7-16(13)26(22)11-5-3-2-4-6-11;/h2-10,19H,1H3,(H,18,20);. The third-order valence-corrected chi connectivity index (χ3v) is 5.57. The van der Waals surface area contributed by atoms with Gasteiger partial charge in [-0.1, -0.05) is 18.2 Å². The third-order valence-electron chi connectivity index (χ3n) is 3.54. The van der Waals surface area contributed by atoms with Gasteiger partial charge in [-0.05, 0) is 18.2 Å². The monoisotopic (exact) mass is 429 g/mol. The second kappa shape index (κ2) is 9.01. The molecule has 1 atom stereocenters. The molecule has 1 amide bonds. The number of sulfonamides is 1. The predicted octanol–water partition coefficient (Wildman–Crippen LogP) is 1.52. The molecule has 0 saturated carbocycles. The zero-order valence-corrected chi connectivity index (χ0v) is 18.6. The third kappa shape index (κ3) is 4.89. The van der Waals surface area contributed by atoms with E-state index in [4.69, 9.17) is 4.42 Å². The van der Waals surface area contributed by atoms with Crippen LogP contribution in [0.3, 0.4) is 0 Å². The van der Waals surface area contributed by atoms with E-state index in [-0.39, 0.29) is 56.8 Å². The van der Waals surface area contributed by atoms with E-state index in [1.54, 1.807) is 30.3 Å². The molecule has 0 aliphatic rings. The number of carbonyl (C=O) groups excluding carboxylic acids is 1. The number of amides is 1. The summed E-state index contributed by atoms with van der Waals surface area (Å²) in [5, 5.41) is 2.28. The van der Waals surface area contributed by atoms with Gasteiger partial charge in [0.1, 0.15) is 17.5 Å². The fourth-order valence-electron chi connectivity index (χ4n) is 2.42. The molecule has 1 aromatic heterocycles. The second-order valence-electron chi connectivity index (χ2n) is 5.54. The van der Waals surface area contributed by atoms with Crippen LogP contribution in [0.2, 0.25) is 0 Å². The molecule has 0 fully saturated rings. The Morgan fingerprint density at radius 1 is 1.11 bits per heavy atom. The molecule has 28 heavy (non-hydrogen) atoms. The average Bonchev–Trinajstić information content (AvgIpc) is 2.63. The number of anilines is 2. The van der Waals surface area contributed by atoms with E-state index in [9.17, 15) is 22.2 Å². The predicted molar refractivity (Wildman–Crippen MR) is 108 cm³/mol. The van der Waals surface area contributed by atoms with Crippen LogP contribution in [-0.2, 0) is 25.6 Å². The van der Waals surface area contributed by atoms with Gasteiger partial charge >= 0.3 is 0 Å². The molecule has 0 saturated heterocycles. The molecule has 1 unspecified atom stereocenters. The minimum atomic E-state index is -3.67. The summed E-state index contributed by atoms with van der Waals surface area (Å²) in [6, 6.07) is 11.0. The van der Waals surface area contributed by atoms with E-state index in [0.29, 0.717) is 11.3 Å². The molecular weight excluding hydrogens is 415 g/mol. The maximum atomic E-state index is 13.0. The van der Waals surface area contributed by atoms with Crippen LogP contribution < -0.4 is 15.5 Å². The summed E-state index contributed by atoms with van der Waals surface area (Å²) in [6.45, 7) is 0. The number of hydrogen-bond acceptors (Lipinski definition) is 6. The van der Waals surface area contributed by atoms with Gasteiger partial charge < -0.3 is 9.73 Å². The fourth-order valence-corrected chi connectivity index (χ4v) is 4.25. The van der Waals surface area contributed by atoms with Crippen LogP contribution in [0.15, 0.2) is 67.7 Å². The van der Waals surface area contributed by atoms with Gasteiger partial charge in [-0.15, -0.1) is 0 Å². The van der Waals surface area contributed by atoms with Crippen LogP contribution in [0.4, 0.5) is 11.4 Å². The largest absolute Gasteiger partial charge is 0.462 e. The number of rotatable bonds is 6. The normalized spacial score (nSPS) is 12.0. The molecule has 0 aliphatic heterocycles. The summed E-state index contributed by atoms with van der Waals surface area (Å²) in [7, 11) is -5.44. The topological polar surface area (TPSA) is 123 Å². The maximum Gasteiger partial charge on any atom is 0.229 e. The summed E-state index contributed by atoms with van der Waals surface area (Å²) in [6.07, 6.45) is 2.34. The fraction of sp³-hybridized carbons (Fsp3) is 0.0588. The first-order valence-electron chi connectivity index (χ1n) is 7.54. The van der Waals surface area contributed by atoms with Crippen LogP contribution >= 0.6 is 0 Å². The summed E-state index contributed by atoms with van der Waals surface area (Å²) < 4.78 is 44.0. The molecule has 0 bridgehead atoms. The molecule has 2 N–H and O–H groups in total. The summed E-state index contributed by atoms with van der Waals surface area (Å²) in [4.78, 5) is 23.6. The number of nitrogens with one attached hydrogen (secondary N) is 2. The molecule has 11 heteroatoms. The van der Waals surface area contributed by atoms with E-state index in [1.165, 1.54) is 12.1 Å². The van der Waals surface area contributed by atoms with E-state index in [0.717, 1.165) is 12.5 Å².